The van der Waals surface area contributed by atoms with E-state index in [0.29, 0.717) is 23.0 Å². The highest BCUT2D eigenvalue weighted by Crippen LogP contribution is 2.45. The maximum absolute atomic E-state index is 10.8. The molecular weight excluding hydrogens is 304 g/mol. The molecule has 0 amide bonds. The molecule has 3 atom stereocenters. The highest BCUT2D eigenvalue weighted by molar-refractivity contribution is 6.77. The van der Waals surface area contributed by atoms with Crippen LogP contribution >= 0.6 is 0 Å². The van der Waals surface area contributed by atoms with Crippen molar-refractivity contribution in [3.8, 4) is 0 Å². The molecule has 0 aromatic rings. The average Bonchev–Trinajstić information content (AvgIpc) is 3.21. The minimum Gasteiger partial charge on any atom is -0.410 e. The molecule has 0 aromatic carbocycles. The number of aldehydes is 1. The van der Waals surface area contributed by atoms with Gasteiger partial charge in [-0.1, -0.05) is 67.7 Å². The Balaban J connectivity index is 2.89. The molecule has 1 fully saturated rings. The Bertz CT molecular complexity index is 333. The van der Waals surface area contributed by atoms with Crippen LogP contribution in [-0.4, -0.2) is 32.9 Å². The Kier molecular flexibility index (Phi) is 8.46. The predicted octanol–water partition coefficient (Wildman–Crippen LogP) is 5.48. The first kappa shape index (κ1) is 20.9. The molecular formula is C19H38O3Si. The van der Waals surface area contributed by atoms with Gasteiger partial charge in [-0.15, -0.1) is 0 Å². The molecule has 23 heavy (non-hydrogen) atoms. The molecule has 0 radical (unpaired) electrons. The highest BCUT2D eigenvalue weighted by Gasteiger charge is 2.52. The van der Waals surface area contributed by atoms with Crippen LogP contribution in [0.1, 0.15) is 80.6 Å². The van der Waals surface area contributed by atoms with E-state index in [9.17, 15) is 4.79 Å². The van der Waals surface area contributed by atoms with Crippen molar-refractivity contribution in [3.05, 3.63) is 0 Å². The number of epoxide rings is 1. The smallest absolute Gasteiger partial charge is 0.200 e. The average molecular weight is 343 g/mol. The second-order valence-corrected chi connectivity index (χ2v) is 13.4. The SMILES string of the molecule is CCCCC[C@H](O[Si](C(C)C)(C(C)C)C(C)C)[C@@H]1O[C@H]1CC=O. The molecule has 1 heterocycles. The number of carbonyl (C=O) groups is 1. The maximum Gasteiger partial charge on any atom is 0.200 e. The number of unbranched alkanes of at least 4 members (excludes halogenated alkanes) is 2. The van der Waals surface area contributed by atoms with Gasteiger partial charge in [0, 0.05) is 6.42 Å². The lowest BCUT2D eigenvalue weighted by Crippen LogP contribution is -2.51. The lowest BCUT2D eigenvalue weighted by atomic mass is 10.1. The van der Waals surface area contributed by atoms with Crippen LogP contribution in [0.5, 0.6) is 0 Å². The van der Waals surface area contributed by atoms with E-state index < -0.39 is 8.32 Å². The van der Waals surface area contributed by atoms with Gasteiger partial charge in [0.05, 0.1) is 12.2 Å². The Hall–Kier alpha value is -0.193. The number of ether oxygens (including phenoxy) is 1. The molecule has 4 heteroatoms. The topological polar surface area (TPSA) is 38.8 Å². The van der Waals surface area contributed by atoms with E-state index in [-0.39, 0.29) is 18.3 Å². The fraction of sp³-hybridized carbons (Fsp3) is 0.947. The monoisotopic (exact) mass is 342 g/mol. The van der Waals surface area contributed by atoms with E-state index in [1.54, 1.807) is 0 Å². The lowest BCUT2D eigenvalue weighted by Gasteiger charge is -2.44. The number of carbonyl (C=O) groups excluding carboxylic acids is 1. The van der Waals surface area contributed by atoms with Crippen LogP contribution in [0.3, 0.4) is 0 Å². The van der Waals surface area contributed by atoms with Crippen molar-refractivity contribution >= 4 is 14.6 Å². The molecule has 1 aliphatic rings. The molecule has 0 aromatic heterocycles. The number of hydrogen-bond acceptors (Lipinski definition) is 3. The largest absolute Gasteiger partial charge is 0.410 e. The van der Waals surface area contributed by atoms with E-state index in [1.165, 1.54) is 19.3 Å². The van der Waals surface area contributed by atoms with Crippen molar-refractivity contribution in [2.24, 2.45) is 0 Å². The van der Waals surface area contributed by atoms with Crippen molar-refractivity contribution in [2.45, 2.75) is 116 Å². The Morgan fingerprint density at radius 3 is 2.04 bits per heavy atom. The van der Waals surface area contributed by atoms with Crippen LogP contribution in [0.4, 0.5) is 0 Å². The first-order chi connectivity index (χ1) is 10.8. The second kappa shape index (κ2) is 9.33. The predicted molar refractivity (Wildman–Crippen MR) is 99.4 cm³/mol. The normalized spacial score (nSPS) is 22.9. The summed E-state index contributed by atoms with van der Waals surface area (Å²) in [6.45, 7) is 16.2. The zero-order valence-corrected chi connectivity index (χ0v) is 17.3. The Morgan fingerprint density at radius 1 is 1.04 bits per heavy atom. The van der Waals surface area contributed by atoms with E-state index in [4.69, 9.17) is 9.16 Å². The highest BCUT2D eigenvalue weighted by atomic mass is 28.4. The van der Waals surface area contributed by atoms with E-state index in [1.807, 2.05) is 0 Å². The Morgan fingerprint density at radius 2 is 1.61 bits per heavy atom. The van der Waals surface area contributed by atoms with Gasteiger partial charge >= 0.3 is 0 Å². The summed E-state index contributed by atoms with van der Waals surface area (Å²) >= 11 is 0. The molecule has 0 spiro atoms. The summed E-state index contributed by atoms with van der Waals surface area (Å²) in [6.07, 6.45) is 6.61. The quantitative estimate of drug-likeness (QED) is 0.204. The summed E-state index contributed by atoms with van der Waals surface area (Å²) in [5.74, 6) is 0. The molecule has 0 bridgehead atoms. The Labute approximate surface area is 144 Å². The van der Waals surface area contributed by atoms with E-state index in [0.717, 1.165) is 12.7 Å². The molecule has 1 rings (SSSR count). The van der Waals surface area contributed by atoms with Crippen LogP contribution in [0, 0.1) is 0 Å². The van der Waals surface area contributed by atoms with Gasteiger partial charge in [0.25, 0.3) is 0 Å². The van der Waals surface area contributed by atoms with Crippen molar-refractivity contribution < 1.29 is 14.0 Å². The van der Waals surface area contributed by atoms with Crippen LogP contribution in [0.2, 0.25) is 16.6 Å². The third-order valence-electron chi connectivity index (χ3n) is 5.47. The third-order valence-corrected chi connectivity index (χ3v) is 11.6. The molecule has 0 unspecified atom stereocenters. The summed E-state index contributed by atoms with van der Waals surface area (Å²) in [5, 5.41) is 0. The van der Waals surface area contributed by atoms with Gasteiger partial charge in [0.1, 0.15) is 12.4 Å². The molecule has 0 aliphatic carbocycles. The fourth-order valence-electron chi connectivity index (χ4n) is 4.32. The molecule has 1 saturated heterocycles. The first-order valence-electron chi connectivity index (χ1n) is 9.58. The van der Waals surface area contributed by atoms with Crippen LogP contribution < -0.4 is 0 Å². The van der Waals surface area contributed by atoms with Gasteiger partial charge in [-0.2, -0.15) is 0 Å². The van der Waals surface area contributed by atoms with Gasteiger partial charge < -0.3 is 14.0 Å². The number of rotatable bonds is 12. The first-order valence-corrected chi connectivity index (χ1v) is 11.7. The molecule has 0 saturated carbocycles. The third kappa shape index (κ3) is 5.14. The van der Waals surface area contributed by atoms with Crippen LogP contribution in [0.15, 0.2) is 0 Å². The number of hydrogen-bond donors (Lipinski definition) is 0. The fourth-order valence-corrected chi connectivity index (χ4v) is 9.92. The molecule has 136 valence electrons. The zero-order chi connectivity index (χ0) is 17.6. The zero-order valence-electron chi connectivity index (χ0n) is 16.3. The van der Waals surface area contributed by atoms with E-state index >= 15 is 0 Å². The van der Waals surface area contributed by atoms with Crippen molar-refractivity contribution in [1.82, 2.24) is 0 Å². The van der Waals surface area contributed by atoms with Gasteiger partial charge in [-0.25, -0.2) is 0 Å². The summed E-state index contributed by atoms with van der Waals surface area (Å²) in [4.78, 5) is 10.8. The van der Waals surface area contributed by atoms with Crippen molar-refractivity contribution in [2.75, 3.05) is 0 Å². The summed E-state index contributed by atoms with van der Waals surface area (Å²) in [5.41, 5.74) is 1.75. The standard InChI is InChI=1S/C19H38O3Si/c1-8-9-10-11-18(19-17(21-19)12-13-20)22-23(14(2)3,15(4)5)16(6)7/h13-19H,8-12H2,1-7H3/t17-,18-,19+/m0/s1. The second-order valence-electron chi connectivity index (χ2n) is 8.01. The van der Waals surface area contributed by atoms with Gasteiger partial charge in [-0.3, -0.25) is 0 Å². The lowest BCUT2D eigenvalue weighted by molar-refractivity contribution is -0.108. The molecule has 3 nitrogen and oxygen atoms in total. The summed E-state index contributed by atoms with van der Waals surface area (Å²) < 4.78 is 12.8. The summed E-state index contributed by atoms with van der Waals surface area (Å²) in [6, 6.07) is 0. The van der Waals surface area contributed by atoms with Gasteiger partial charge in [0.15, 0.2) is 0 Å². The summed E-state index contributed by atoms with van der Waals surface area (Å²) in [7, 11) is -1.89. The minimum atomic E-state index is -1.89. The molecule has 0 N–H and O–H groups in total. The van der Waals surface area contributed by atoms with Crippen molar-refractivity contribution in [3.63, 3.8) is 0 Å². The van der Waals surface area contributed by atoms with Crippen molar-refractivity contribution in [1.29, 1.82) is 0 Å². The van der Waals surface area contributed by atoms with Gasteiger partial charge in [-0.05, 0) is 23.0 Å². The van der Waals surface area contributed by atoms with E-state index in [2.05, 4.69) is 48.5 Å². The maximum atomic E-state index is 10.8. The minimum absolute atomic E-state index is 0.0947. The van der Waals surface area contributed by atoms with Gasteiger partial charge in [0.2, 0.25) is 8.32 Å². The van der Waals surface area contributed by atoms with Crippen LogP contribution in [0.25, 0.3) is 0 Å². The van der Waals surface area contributed by atoms with Crippen LogP contribution in [-0.2, 0) is 14.0 Å². The molecule has 1 aliphatic heterocycles.